The molecule has 0 radical (unpaired) electrons. The van der Waals surface area contributed by atoms with Crippen LogP contribution in [0.5, 0.6) is 0 Å². The summed E-state index contributed by atoms with van der Waals surface area (Å²) in [5.41, 5.74) is 0. The van der Waals surface area contributed by atoms with Crippen LogP contribution in [0.1, 0.15) is 25.7 Å². The fraction of sp³-hybridized carbons (Fsp3) is 0.733. The van der Waals surface area contributed by atoms with E-state index in [0.717, 1.165) is 36.8 Å². The molecule has 2 heterocycles. The van der Waals surface area contributed by atoms with Gasteiger partial charge >= 0.3 is 0 Å². The molecule has 1 saturated heterocycles. The smallest absolute Gasteiger partial charge is 0.226 e. The monoisotopic (exact) mass is 275 g/mol. The van der Waals surface area contributed by atoms with E-state index >= 15 is 0 Å². The Hall–Kier alpha value is -1.36. The molecule has 0 atom stereocenters. The minimum absolute atomic E-state index is 0.792. The first-order valence-electron chi connectivity index (χ1n) is 7.71. The molecule has 1 aromatic rings. The molecule has 0 amide bonds. The molecular weight excluding hydrogens is 250 g/mol. The molecule has 0 unspecified atom stereocenters. The molecule has 2 aliphatic rings. The van der Waals surface area contributed by atoms with Crippen LogP contribution in [0.25, 0.3) is 0 Å². The summed E-state index contributed by atoms with van der Waals surface area (Å²) in [5, 5.41) is 3.65. The number of rotatable bonds is 5. The Morgan fingerprint density at radius 2 is 2.00 bits per heavy atom. The lowest BCUT2D eigenvalue weighted by Crippen LogP contribution is -2.38. The lowest BCUT2D eigenvalue weighted by Gasteiger charge is -2.33. The zero-order chi connectivity index (χ0) is 13.9. The summed E-state index contributed by atoms with van der Waals surface area (Å²) >= 11 is 0. The van der Waals surface area contributed by atoms with Gasteiger partial charge < -0.3 is 15.1 Å². The first kappa shape index (κ1) is 13.6. The molecule has 110 valence electrons. The number of piperidine rings is 1. The van der Waals surface area contributed by atoms with Crippen LogP contribution in [-0.2, 0) is 0 Å². The first-order chi connectivity index (χ1) is 9.72. The summed E-state index contributed by atoms with van der Waals surface area (Å²) < 4.78 is 0. The third-order valence-corrected chi connectivity index (χ3v) is 4.24. The van der Waals surface area contributed by atoms with E-state index in [4.69, 9.17) is 0 Å². The van der Waals surface area contributed by atoms with Crippen molar-refractivity contribution in [3.8, 4) is 0 Å². The number of anilines is 2. The van der Waals surface area contributed by atoms with E-state index in [9.17, 15) is 0 Å². The van der Waals surface area contributed by atoms with E-state index in [0.29, 0.717) is 0 Å². The highest BCUT2D eigenvalue weighted by atomic mass is 15.3. The SMILES string of the molecule is CN(C)c1nccc(N2CCC(CNC3CC3)CC2)n1. The third kappa shape index (κ3) is 3.39. The van der Waals surface area contributed by atoms with E-state index in [2.05, 4.69) is 20.2 Å². The Balaban J connectivity index is 1.52. The van der Waals surface area contributed by atoms with E-state index in [1.807, 2.05) is 31.3 Å². The molecule has 3 rings (SSSR count). The summed E-state index contributed by atoms with van der Waals surface area (Å²) in [4.78, 5) is 13.3. The lowest BCUT2D eigenvalue weighted by molar-refractivity contribution is 0.381. The van der Waals surface area contributed by atoms with E-state index in [-0.39, 0.29) is 0 Å². The van der Waals surface area contributed by atoms with Gasteiger partial charge in [0.05, 0.1) is 0 Å². The highest BCUT2D eigenvalue weighted by Gasteiger charge is 2.24. The van der Waals surface area contributed by atoms with Crippen molar-refractivity contribution in [3.05, 3.63) is 12.3 Å². The van der Waals surface area contributed by atoms with Gasteiger partial charge in [0.2, 0.25) is 5.95 Å². The summed E-state index contributed by atoms with van der Waals surface area (Å²) in [6, 6.07) is 2.85. The van der Waals surface area contributed by atoms with Gasteiger partial charge in [0.15, 0.2) is 0 Å². The molecule has 1 aromatic heterocycles. The Kier molecular flexibility index (Phi) is 4.05. The van der Waals surface area contributed by atoms with Gasteiger partial charge in [-0.3, -0.25) is 0 Å². The van der Waals surface area contributed by atoms with Crippen LogP contribution in [0.3, 0.4) is 0 Å². The summed E-state index contributed by atoms with van der Waals surface area (Å²) in [7, 11) is 3.96. The zero-order valence-electron chi connectivity index (χ0n) is 12.5. The lowest BCUT2D eigenvalue weighted by atomic mass is 9.97. The summed E-state index contributed by atoms with van der Waals surface area (Å²) in [6.07, 6.45) is 7.15. The molecule has 2 fully saturated rings. The number of nitrogens with zero attached hydrogens (tertiary/aromatic N) is 4. The Morgan fingerprint density at radius 3 is 2.65 bits per heavy atom. The van der Waals surface area contributed by atoms with Gasteiger partial charge in [0.25, 0.3) is 0 Å². The molecule has 0 spiro atoms. The standard InChI is InChI=1S/C15H25N5/c1-19(2)15-16-8-5-14(18-15)20-9-6-12(7-10-20)11-17-13-3-4-13/h5,8,12-13,17H,3-4,6-7,9-11H2,1-2H3. The normalized spacial score (nSPS) is 20.2. The van der Waals surface area contributed by atoms with Crippen molar-refractivity contribution in [2.75, 3.05) is 43.5 Å². The van der Waals surface area contributed by atoms with E-state index in [1.165, 1.54) is 32.2 Å². The average Bonchev–Trinajstić information content (AvgIpc) is 3.30. The van der Waals surface area contributed by atoms with E-state index < -0.39 is 0 Å². The van der Waals surface area contributed by atoms with Crippen molar-refractivity contribution in [2.45, 2.75) is 31.7 Å². The maximum atomic E-state index is 4.63. The maximum absolute atomic E-state index is 4.63. The van der Waals surface area contributed by atoms with Gasteiger partial charge in [0, 0.05) is 39.4 Å². The zero-order valence-corrected chi connectivity index (χ0v) is 12.5. The maximum Gasteiger partial charge on any atom is 0.226 e. The van der Waals surface area contributed by atoms with Crippen molar-refractivity contribution in [1.82, 2.24) is 15.3 Å². The van der Waals surface area contributed by atoms with Crippen LogP contribution < -0.4 is 15.1 Å². The molecule has 1 aliphatic heterocycles. The van der Waals surface area contributed by atoms with Gasteiger partial charge in [-0.1, -0.05) is 0 Å². The topological polar surface area (TPSA) is 44.3 Å². The largest absolute Gasteiger partial charge is 0.356 e. The third-order valence-electron chi connectivity index (χ3n) is 4.24. The molecule has 1 aliphatic carbocycles. The second kappa shape index (κ2) is 5.95. The Morgan fingerprint density at radius 1 is 1.25 bits per heavy atom. The number of hydrogen-bond donors (Lipinski definition) is 1. The summed E-state index contributed by atoms with van der Waals surface area (Å²) in [6.45, 7) is 3.42. The molecule has 0 bridgehead atoms. The predicted molar refractivity (Wildman–Crippen MR) is 82.3 cm³/mol. The Bertz CT molecular complexity index is 436. The molecule has 1 saturated carbocycles. The fourth-order valence-electron chi connectivity index (χ4n) is 2.72. The quantitative estimate of drug-likeness (QED) is 0.882. The van der Waals surface area contributed by atoms with Crippen molar-refractivity contribution < 1.29 is 0 Å². The van der Waals surface area contributed by atoms with Gasteiger partial charge in [-0.15, -0.1) is 0 Å². The van der Waals surface area contributed by atoms with Gasteiger partial charge in [0.1, 0.15) is 5.82 Å². The van der Waals surface area contributed by atoms with Crippen LogP contribution in [0.15, 0.2) is 12.3 Å². The molecule has 5 heteroatoms. The number of hydrogen-bond acceptors (Lipinski definition) is 5. The van der Waals surface area contributed by atoms with Crippen molar-refractivity contribution >= 4 is 11.8 Å². The molecule has 1 N–H and O–H groups in total. The van der Waals surface area contributed by atoms with E-state index in [1.54, 1.807) is 0 Å². The van der Waals surface area contributed by atoms with Crippen LogP contribution in [0.2, 0.25) is 0 Å². The molecule has 5 nitrogen and oxygen atoms in total. The van der Waals surface area contributed by atoms with Crippen LogP contribution in [0, 0.1) is 5.92 Å². The van der Waals surface area contributed by atoms with Gasteiger partial charge in [-0.05, 0) is 44.2 Å². The first-order valence-corrected chi connectivity index (χ1v) is 7.71. The number of nitrogens with one attached hydrogen (secondary N) is 1. The highest BCUT2D eigenvalue weighted by Crippen LogP contribution is 2.24. The average molecular weight is 275 g/mol. The van der Waals surface area contributed by atoms with Gasteiger partial charge in [-0.25, -0.2) is 4.98 Å². The molecule has 0 aromatic carbocycles. The Labute approximate surface area is 121 Å². The second-order valence-corrected chi connectivity index (χ2v) is 6.22. The highest BCUT2D eigenvalue weighted by molar-refractivity contribution is 5.43. The second-order valence-electron chi connectivity index (χ2n) is 6.22. The van der Waals surface area contributed by atoms with Crippen molar-refractivity contribution in [3.63, 3.8) is 0 Å². The van der Waals surface area contributed by atoms with Crippen LogP contribution in [-0.4, -0.2) is 49.7 Å². The summed E-state index contributed by atoms with van der Waals surface area (Å²) in [5.74, 6) is 2.69. The predicted octanol–water partition coefficient (Wildman–Crippen LogP) is 1.51. The molecule has 20 heavy (non-hydrogen) atoms. The fourth-order valence-corrected chi connectivity index (χ4v) is 2.72. The van der Waals surface area contributed by atoms with Crippen molar-refractivity contribution in [1.29, 1.82) is 0 Å². The van der Waals surface area contributed by atoms with Crippen LogP contribution >= 0.6 is 0 Å². The number of aromatic nitrogens is 2. The van der Waals surface area contributed by atoms with Gasteiger partial charge in [-0.2, -0.15) is 4.98 Å². The van der Waals surface area contributed by atoms with Crippen molar-refractivity contribution in [2.24, 2.45) is 5.92 Å². The minimum Gasteiger partial charge on any atom is -0.356 e. The van der Waals surface area contributed by atoms with Crippen LogP contribution in [0.4, 0.5) is 11.8 Å². The molecular formula is C15H25N5. The minimum atomic E-state index is 0.792.